The van der Waals surface area contributed by atoms with Crippen LogP contribution in [-0.4, -0.2) is 23.3 Å². The maximum absolute atomic E-state index is 8.62. The summed E-state index contributed by atoms with van der Waals surface area (Å²) >= 11 is 0. The lowest BCUT2D eigenvalue weighted by Gasteiger charge is -2.17. The van der Waals surface area contributed by atoms with Crippen LogP contribution in [0.1, 0.15) is 0 Å². The van der Waals surface area contributed by atoms with E-state index in [1.807, 2.05) is 12.2 Å². The van der Waals surface area contributed by atoms with Crippen molar-refractivity contribution in [2.45, 2.75) is 0 Å². The first-order chi connectivity index (χ1) is 4.33. The van der Waals surface area contributed by atoms with Crippen molar-refractivity contribution in [1.29, 1.82) is 0 Å². The summed E-state index contributed by atoms with van der Waals surface area (Å²) in [6.45, 7) is 0.727. The molecule has 0 saturated heterocycles. The van der Waals surface area contributed by atoms with E-state index in [0.29, 0.717) is 6.54 Å². The van der Waals surface area contributed by atoms with Crippen molar-refractivity contribution in [3.05, 3.63) is 23.9 Å². The average molecular weight is 126 g/mol. The van der Waals surface area contributed by atoms with Gasteiger partial charge in [0.2, 0.25) is 0 Å². The highest BCUT2D eigenvalue weighted by molar-refractivity contribution is 5.18. The summed E-state index contributed by atoms with van der Waals surface area (Å²) in [5.41, 5.74) is 0.944. The van der Waals surface area contributed by atoms with Gasteiger partial charge in [-0.25, -0.2) is 5.84 Å². The molecular weight excluding hydrogens is 116 g/mol. The Labute approximate surface area is 54.0 Å². The monoisotopic (exact) mass is 126 g/mol. The third kappa shape index (κ3) is 1.55. The van der Waals surface area contributed by atoms with E-state index >= 15 is 0 Å². The number of hydrogen-bond donors (Lipinski definition) is 2. The zero-order valence-corrected chi connectivity index (χ0v) is 5.12. The van der Waals surface area contributed by atoms with Crippen LogP contribution in [-0.2, 0) is 0 Å². The van der Waals surface area contributed by atoms with Gasteiger partial charge in [-0.2, -0.15) is 0 Å². The maximum Gasteiger partial charge on any atom is 0.0662 e. The van der Waals surface area contributed by atoms with Gasteiger partial charge in [0, 0.05) is 6.20 Å². The highest BCUT2D eigenvalue weighted by Crippen LogP contribution is 2.01. The van der Waals surface area contributed by atoms with E-state index in [0.717, 1.165) is 5.57 Å². The van der Waals surface area contributed by atoms with Crippen LogP contribution in [0.4, 0.5) is 0 Å². The van der Waals surface area contributed by atoms with E-state index in [2.05, 4.69) is 0 Å². The Morgan fingerprint density at radius 2 is 2.56 bits per heavy atom. The third-order valence-corrected chi connectivity index (χ3v) is 1.20. The van der Waals surface area contributed by atoms with E-state index in [1.54, 1.807) is 6.20 Å². The van der Waals surface area contributed by atoms with Gasteiger partial charge in [-0.15, -0.1) is 0 Å². The molecule has 3 N–H and O–H groups in total. The zero-order valence-electron chi connectivity index (χ0n) is 5.12. The number of aliphatic hydroxyl groups excluding tert-OH is 1. The number of allylic oxidation sites excluding steroid dienone is 2. The topological polar surface area (TPSA) is 49.5 Å². The van der Waals surface area contributed by atoms with E-state index < -0.39 is 0 Å². The Morgan fingerprint density at radius 3 is 3.00 bits per heavy atom. The van der Waals surface area contributed by atoms with Gasteiger partial charge in [-0.05, 0) is 11.6 Å². The van der Waals surface area contributed by atoms with Gasteiger partial charge >= 0.3 is 0 Å². The molecule has 0 atom stereocenters. The molecule has 50 valence electrons. The SMILES string of the molecule is NN1C=CC=C(CO)C1. The molecule has 1 aliphatic rings. The smallest absolute Gasteiger partial charge is 0.0662 e. The average Bonchev–Trinajstić information content (AvgIpc) is 1.88. The van der Waals surface area contributed by atoms with E-state index in [9.17, 15) is 0 Å². The lowest BCUT2D eigenvalue weighted by Crippen LogP contribution is -2.29. The number of nitrogens with zero attached hydrogens (tertiary/aromatic N) is 1. The Kier molecular flexibility index (Phi) is 1.87. The van der Waals surface area contributed by atoms with Gasteiger partial charge in [0.15, 0.2) is 0 Å². The van der Waals surface area contributed by atoms with Crippen LogP contribution in [0.5, 0.6) is 0 Å². The van der Waals surface area contributed by atoms with Crippen LogP contribution in [0.25, 0.3) is 0 Å². The van der Waals surface area contributed by atoms with Crippen LogP contribution < -0.4 is 5.84 Å². The molecule has 0 bridgehead atoms. The van der Waals surface area contributed by atoms with Gasteiger partial charge in [-0.1, -0.05) is 6.08 Å². The van der Waals surface area contributed by atoms with Crippen LogP contribution in [0.3, 0.4) is 0 Å². The van der Waals surface area contributed by atoms with Crippen molar-refractivity contribution in [2.24, 2.45) is 5.84 Å². The van der Waals surface area contributed by atoms with Crippen LogP contribution in [0, 0.1) is 0 Å². The molecule has 0 aromatic heterocycles. The Bertz CT molecular complexity index is 151. The summed E-state index contributed by atoms with van der Waals surface area (Å²) in [6, 6.07) is 0. The van der Waals surface area contributed by atoms with Gasteiger partial charge in [0.05, 0.1) is 13.2 Å². The predicted molar refractivity (Wildman–Crippen MR) is 35.2 cm³/mol. The molecule has 0 unspecified atom stereocenters. The first kappa shape index (κ1) is 6.32. The number of hydrazine groups is 1. The molecule has 0 spiro atoms. The molecule has 3 heteroatoms. The van der Waals surface area contributed by atoms with Gasteiger partial charge in [0.1, 0.15) is 0 Å². The molecule has 1 rings (SSSR count). The van der Waals surface area contributed by atoms with Crippen molar-refractivity contribution in [3.63, 3.8) is 0 Å². The summed E-state index contributed by atoms with van der Waals surface area (Å²) in [4.78, 5) is 0. The van der Waals surface area contributed by atoms with Crippen molar-refractivity contribution in [2.75, 3.05) is 13.2 Å². The second-order valence-corrected chi connectivity index (χ2v) is 2.00. The molecule has 0 radical (unpaired) electrons. The van der Waals surface area contributed by atoms with Gasteiger partial charge in [0.25, 0.3) is 0 Å². The molecule has 0 amide bonds. The summed E-state index contributed by atoms with van der Waals surface area (Å²) in [5.74, 6) is 5.40. The highest BCUT2D eigenvalue weighted by Gasteiger charge is 2.00. The van der Waals surface area contributed by atoms with Crippen LogP contribution >= 0.6 is 0 Å². The number of hydrogen-bond acceptors (Lipinski definition) is 3. The Balaban J connectivity index is 2.55. The van der Waals surface area contributed by atoms with E-state index in [1.165, 1.54) is 5.01 Å². The van der Waals surface area contributed by atoms with Crippen molar-refractivity contribution < 1.29 is 5.11 Å². The molecular formula is C6H10N2O. The normalized spacial score (nSPS) is 18.0. The number of nitrogens with two attached hydrogens (primary N) is 1. The number of aliphatic hydroxyl groups is 1. The predicted octanol–water partition coefficient (Wildman–Crippen LogP) is -0.392. The van der Waals surface area contributed by atoms with Crippen molar-refractivity contribution in [3.8, 4) is 0 Å². The second-order valence-electron chi connectivity index (χ2n) is 2.00. The number of rotatable bonds is 1. The Hall–Kier alpha value is -0.800. The maximum atomic E-state index is 8.62. The first-order valence-corrected chi connectivity index (χ1v) is 2.81. The zero-order chi connectivity index (χ0) is 6.69. The molecule has 9 heavy (non-hydrogen) atoms. The first-order valence-electron chi connectivity index (χ1n) is 2.81. The summed E-state index contributed by atoms with van der Waals surface area (Å²) in [5, 5.41) is 10.2. The largest absolute Gasteiger partial charge is 0.392 e. The highest BCUT2D eigenvalue weighted by atomic mass is 16.3. The van der Waals surface area contributed by atoms with E-state index in [4.69, 9.17) is 10.9 Å². The molecule has 0 aliphatic carbocycles. The minimum absolute atomic E-state index is 0.0953. The molecule has 0 saturated carbocycles. The van der Waals surface area contributed by atoms with Crippen molar-refractivity contribution in [1.82, 2.24) is 5.01 Å². The summed E-state index contributed by atoms with van der Waals surface area (Å²) < 4.78 is 0. The molecule has 0 fully saturated rings. The van der Waals surface area contributed by atoms with Crippen molar-refractivity contribution >= 4 is 0 Å². The Morgan fingerprint density at radius 1 is 1.78 bits per heavy atom. The minimum Gasteiger partial charge on any atom is -0.392 e. The molecule has 1 aliphatic heterocycles. The van der Waals surface area contributed by atoms with Gasteiger partial charge < -0.3 is 10.1 Å². The lowest BCUT2D eigenvalue weighted by molar-refractivity contribution is 0.308. The quantitative estimate of drug-likeness (QED) is 0.470. The lowest BCUT2D eigenvalue weighted by atomic mass is 10.2. The van der Waals surface area contributed by atoms with Gasteiger partial charge in [-0.3, -0.25) is 0 Å². The fraction of sp³-hybridized carbons (Fsp3) is 0.333. The fourth-order valence-corrected chi connectivity index (χ4v) is 0.732. The summed E-state index contributed by atoms with van der Waals surface area (Å²) in [6.07, 6.45) is 5.44. The van der Waals surface area contributed by atoms with E-state index in [-0.39, 0.29) is 6.61 Å². The van der Waals surface area contributed by atoms with Crippen LogP contribution in [0.2, 0.25) is 0 Å². The summed E-state index contributed by atoms with van der Waals surface area (Å²) in [7, 11) is 0. The molecule has 3 nitrogen and oxygen atoms in total. The third-order valence-electron chi connectivity index (χ3n) is 1.20. The van der Waals surface area contributed by atoms with Crippen LogP contribution in [0.15, 0.2) is 23.9 Å². The standard InChI is InChI=1S/C6H10N2O/c7-8-3-1-2-6(4-8)5-9/h1-3,9H,4-5,7H2. The minimum atomic E-state index is 0.0953. The molecule has 0 aromatic carbocycles. The second kappa shape index (κ2) is 2.66. The fourth-order valence-electron chi connectivity index (χ4n) is 0.732. The molecule has 0 aromatic rings. The molecule has 1 heterocycles.